The number of hydrazone groups is 2. The zero-order chi connectivity index (χ0) is 32.5. The molecule has 0 saturated heterocycles. The second kappa shape index (κ2) is 15.8. The first-order chi connectivity index (χ1) is 22.4. The van der Waals surface area contributed by atoms with Gasteiger partial charge in [0.25, 0.3) is 0 Å². The molecule has 2 aliphatic carbocycles. The van der Waals surface area contributed by atoms with E-state index in [0.29, 0.717) is 35.1 Å². The van der Waals surface area contributed by atoms with Gasteiger partial charge in [0.05, 0.1) is 48.2 Å². The largest absolute Gasteiger partial charge is 0.497 e. The third kappa shape index (κ3) is 7.79. The summed E-state index contributed by atoms with van der Waals surface area (Å²) in [6.07, 6.45) is 6.97. The maximum absolute atomic E-state index is 12.1. The van der Waals surface area contributed by atoms with Crippen LogP contribution in [0.3, 0.4) is 0 Å². The molecule has 0 saturated carbocycles. The second-order valence-corrected chi connectivity index (χ2v) is 9.57. The molecule has 2 aromatic carbocycles. The van der Waals surface area contributed by atoms with Gasteiger partial charge in [0, 0.05) is 40.6 Å². The number of aromatic nitrogens is 2. The van der Waals surface area contributed by atoms with Gasteiger partial charge in [0.2, 0.25) is 11.6 Å². The number of benzene rings is 2. The molecule has 0 bridgehead atoms. The topological polar surface area (TPSA) is 161 Å². The zero-order valence-corrected chi connectivity index (χ0v) is 25.9. The number of Topliss-reactive ketones (excluding diaryl/α,β-unsaturated/α-hetero) is 2. The standard InChI is InChI=1S/2C17H13N3O3.Cu/c2*1-23-13-6-4-12(5-7-13)19-20-15-9-11(10-21)17(22)16-14(15)3-2-8-18-16;/h2*2-10,19H,1H3;/b2*20-15-;. The molecule has 0 unspecified atom stereocenters. The van der Waals surface area contributed by atoms with Gasteiger partial charge in [-0.15, -0.1) is 0 Å². The number of hydrogen-bond acceptors (Lipinski definition) is 12. The molecule has 12 nitrogen and oxygen atoms in total. The molecule has 2 N–H and O–H groups in total. The van der Waals surface area contributed by atoms with Gasteiger partial charge in [0.15, 0.2) is 12.6 Å². The number of ether oxygens (including phenoxy) is 2. The summed E-state index contributed by atoms with van der Waals surface area (Å²) in [6.45, 7) is 0. The van der Waals surface area contributed by atoms with E-state index in [9.17, 15) is 19.2 Å². The molecule has 13 heteroatoms. The monoisotopic (exact) mass is 677 g/mol. The summed E-state index contributed by atoms with van der Waals surface area (Å²) in [7, 11) is 3.19. The van der Waals surface area contributed by atoms with Gasteiger partial charge in [-0.3, -0.25) is 40.0 Å². The summed E-state index contributed by atoms with van der Waals surface area (Å²) in [5.41, 5.74) is 9.96. The molecule has 239 valence electrons. The number of pyridine rings is 2. The zero-order valence-electron chi connectivity index (χ0n) is 24.9. The molecule has 6 rings (SSSR count). The van der Waals surface area contributed by atoms with Crippen LogP contribution in [0.25, 0.3) is 0 Å². The number of aldehydes is 2. The van der Waals surface area contributed by atoms with Gasteiger partial charge in [-0.25, -0.2) is 0 Å². The van der Waals surface area contributed by atoms with E-state index in [4.69, 9.17) is 9.47 Å². The number of fused-ring (bicyclic) bond motifs is 2. The van der Waals surface area contributed by atoms with Crippen molar-refractivity contribution in [3.05, 3.63) is 131 Å². The predicted octanol–water partition coefficient (Wildman–Crippen LogP) is 4.45. The number of nitrogens with zero attached hydrogens (tertiary/aromatic N) is 4. The first kappa shape index (κ1) is 33.8. The van der Waals surface area contributed by atoms with Crippen molar-refractivity contribution < 1.29 is 45.7 Å². The molecule has 1 radical (unpaired) electrons. The summed E-state index contributed by atoms with van der Waals surface area (Å²) < 4.78 is 10.2. The van der Waals surface area contributed by atoms with Crippen molar-refractivity contribution in [3.63, 3.8) is 0 Å². The molecular formula is C34H26CuN6O6. The van der Waals surface area contributed by atoms with Crippen molar-refractivity contribution in [1.82, 2.24) is 9.97 Å². The number of hydrogen-bond donors (Lipinski definition) is 2. The van der Waals surface area contributed by atoms with Gasteiger partial charge in [-0.2, -0.15) is 10.2 Å². The minimum atomic E-state index is -0.390. The third-order valence-corrected chi connectivity index (χ3v) is 6.75. The fourth-order valence-corrected chi connectivity index (χ4v) is 4.38. The molecule has 0 spiro atoms. The number of carbonyl (C=O) groups excluding carboxylic acids is 4. The number of anilines is 2. The van der Waals surface area contributed by atoms with Crippen LogP contribution in [-0.2, 0) is 26.7 Å². The van der Waals surface area contributed by atoms with Crippen LogP contribution in [0, 0.1) is 0 Å². The third-order valence-electron chi connectivity index (χ3n) is 6.75. The molecule has 4 aromatic rings. The molecule has 47 heavy (non-hydrogen) atoms. The van der Waals surface area contributed by atoms with E-state index in [1.807, 2.05) is 24.3 Å². The summed E-state index contributed by atoms with van der Waals surface area (Å²) in [5, 5.41) is 8.56. The minimum absolute atomic E-state index is 0. The van der Waals surface area contributed by atoms with E-state index in [1.165, 1.54) is 24.5 Å². The van der Waals surface area contributed by atoms with Crippen LogP contribution in [0.15, 0.2) is 119 Å². The Hall–Kier alpha value is -6.04. The van der Waals surface area contributed by atoms with Crippen molar-refractivity contribution in [3.8, 4) is 11.5 Å². The fraction of sp³-hybridized carbons (Fsp3) is 0.0588. The van der Waals surface area contributed by atoms with E-state index in [1.54, 1.807) is 62.8 Å². The van der Waals surface area contributed by atoms with Crippen LogP contribution in [0.4, 0.5) is 11.4 Å². The number of ketones is 2. The van der Waals surface area contributed by atoms with Gasteiger partial charge in [-0.1, -0.05) is 0 Å². The molecule has 0 amide bonds. The van der Waals surface area contributed by atoms with E-state index in [0.717, 1.165) is 22.9 Å². The Morgan fingerprint density at radius 3 is 1.34 bits per heavy atom. The molecule has 2 aliphatic rings. The number of nitrogens with one attached hydrogen (secondary N) is 2. The number of methoxy groups -OCH3 is 2. The first-order valence-corrected chi connectivity index (χ1v) is 13.7. The van der Waals surface area contributed by atoms with Gasteiger partial charge in [0.1, 0.15) is 22.9 Å². The minimum Gasteiger partial charge on any atom is -0.497 e. The Kier molecular flexibility index (Phi) is 11.4. The van der Waals surface area contributed by atoms with Crippen LogP contribution in [-0.4, -0.2) is 59.7 Å². The Bertz CT molecular complexity index is 1790. The second-order valence-electron chi connectivity index (χ2n) is 9.57. The maximum Gasteiger partial charge on any atom is 0.215 e. The SMILES string of the molecule is COc1ccc(N/N=C2/C=C(C=O)C(=O)c3ncccc32)cc1.COc1ccc(N/N=C2/C=C(C=O)C(=O)c3ncccc32)cc1.[Cu]. The summed E-state index contributed by atoms with van der Waals surface area (Å²) in [6, 6.07) is 21.4. The summed E-state index contributed by atoms with van der Waals surface area (Å²) >= 11 is 0. The normalized spacial score (nSPS) is 14.6. The van der Waals surface area contributed by atoms with Crippen LogP contribution >= 0.6 is 0 Å². The molecule has 0 aliphatic heterocycles. The van der Waals surface area contributed by atoms with Crippen molar-refractivity contribution in [1.29, 1.82) is 0 Å². The Balaban J connectivity index is 0.000000208. The molecular weight excluding hydrogens is 652 g/mol. The summed E-state index contributed by atoms with van der Waals surface area (Å²) in [5.74, 6) is 0.700. The van der Waals surface area contributed by atoms with Crippen LogP contribution in [0.2, 0.25) is 0 Å². The molecule has 0 atom stereocenters. The fourth-order valence-electron chi connectivity index (χ4n) is 4.38. The Labute approximate surface area is 279 Å². The maximum atomic E-state index is 12.1. The average Bonchev–Trinajstić information content (AvgIpc) is 3.12. The van der Waals surface area contributed by atoms with Crippen molar-refractivity contribution in [2.45, 2.75) is 0 Å². The quantitative estimate of drug-likeness (QED) is 0.118. The first-order valence-electron chi connectivity index (χ1n) is 13.7. The van der Waals surface area contributed by atoms with Gasteiger partial charge < -0.3 is 9.47 Å². The Morgan fingerprint density at radius 2 is 1.00 bits per heavy atom. The van der Waals surface area contributed by atoms with E-state index in [-0.39, 0.29) is 51.2 Å². The van der Waals surface area contributed by atoms with Crippen LogP contribution < -0.4 is 20.3 Å². The van der Waals surface area contributed by atoms with Crippen molar-refractivity contribution in [2.75, 3.05) is 25.1 Å². The van der Waals surface area contributed by atoms with Crippen molar-refractivity contribution in [2.24, 2.45) is 10.2 Å². The smallest absolute Gasteiger partial charge is 0.215 e. The van der Waals surface area contributed by atoms with Gasteiger partial charge >= 0.3 is 0 Å². The number of allylic oxidation sites excluding steroid dienone is 4. The van der Waals surface area contributed by atoms with Crippen molar-refractivity contribution >= 4 is 46.9 Å². The molecule has 0 fully saturated rings. The van der Waals surface area contributed by atoms with E-state index < -0.39 is 0 Å². The predicted molar refractivity (Wildman–Crippen MR) is 172 cm³/mol. The van der Waals surface area contributed by atoms with Crippen LogP contribution in [0.1, 0.15) is 32.1 Å². The van der Waals surface area contributed by atoms with Gasteiger partial charge in [-0.05, 0) is 84.9 Å². The molecule has 2 aromatic heterocycles. The summed E-state index contributed by atoms with van der Waals surface area (Å²) in [4.78, 5) is 54.4. The Morgan fingerprint density at radius 1 is 0.617 bits per heavy atom. The van der Waals surface area contributed by atoms with E-state index in [2.05, 4.69) is 31.0 Å². The number of rotatable bonds is 8. The average molecular weight is 678 g/mol. The molecule has 2 heterocycles. The van der Waals surface area contributed by atoms with E-state index >= 15 is 0 Å². The van der Waals surface area contributed by atoms with Crippen LogP contribution in [0.5, 0.6) is 11.5 Å². The number of carbonyl (C=O) groups is 4.